The number of ether oxygens (including phenoxy) is 1. The lowest BCUT2D eigenvalue weighted by atomic mass is 9.86. The fraction of sp³-hybridized carbons (Fsp3) is 0.304. The van der Waals surface area contributed by atoms with Crippen molar-refractivity contribution < 1.29 is 22.7 Å². The molecule has 0 radical (unpaired) electrons. The van der Waals surface area contributed by atoms with Crippen LogP contribution in [0.3, 0.4) is 0 Å². The van der Waals surface area contributed by atoms with Gasteiger partial charge in [-0.25, -0.2) is 0 Å². The van der Waals surface area contributed by atoms with Gasteiger partial charge in [-0.15, -0.1) is 0 Å². The highest BCUT2D eigenvalue weighted by molar-refractivity contribution is 6.05. The summed E-state index contributed by atoms with van der Waals surface area (Å²) >= 11 is 0. The van der Waals surface area contributed by atoms with Gasteiger partial charge >= 0.3 is 6.18 Å². The van der Waals surface area contributed by atoms with Crippen LogP contribution in [0.25, 0.3) is 0 Å². The first-order valence-corrected chi connectivity index (χ1v) is 9.66. The van der Waals surface area contributed by atoms with E-state index >= 15 is 0 Å². The number of benzene rings is 2. The number of halogens is 3. The molecule has 0 aliphatic heterocycles. The Morgan fingerprint density at radius 1 is 1.06 bits per heavy atom. The number of nitrogens with one attached hydrogen (secondary N) is 1. The molecule has 0 saturated carbocycles. The van der Waals surface area contributed by atoms with E-state index < -0.39 is 23.3 Å². The summed E-state index contributed by atoms with van der Waals surface area (Å²) in [7, 11) is 1.33. The van der Waals surface area contributed by atoms with Crippen molar-refractivity contribution in [3.05, 3.63) is 71.0 Å². The number of aromatic nitrogens is 2. The minimum atomic E-state index is -4.74. The Bertz CT molecular complexity index is 1110. The average molecular weight is 431 g/mol. The molecular formula is C23H24F3N3O2. The number of nitrogens with zero attached hydrogens (tertiary/aromatic N) is 2. The Balaban J connectivity index is 1.95. The smallest absolute Gasteiger partial charge is 0.435 e. The third-order valence-electron chi connectivity index (χ3n) is 4.64. The van der Waals surface area contributed by atoms with E-state index in [4.69, 9.17) is 4.74 Å². The van der Waals surface area contributed by atoms with Crippen LogP contribution in [0.2, 0.25) is 0 Å². The van der Waals surface area contributed by atoms with Gasteiger partial charge in [-0.3, -0.25) is 9.48 Å². The van der Waals surface area contributed by atoms with E-state index in [1.54, 1.807) is 24.3 Å². The van der Waals surface area contributed by atoms with Gasteiger partial charge in [0.15, 0.2) is 11.4 Å². The number of hydrogen-bond acceptors (Lipinski definition) is 3. The highest BCUT2D eigenvalue weighted by atomic mass is 19.4. The summed E-state index contributed by atoms with van der Waals surface area (Å²) in [5.41, 5.74) is 0.222. The molecule has 1 N–H and O–H groups in total. The molecule has 0 spiro atoms. The Labute approximate surface area is 178 Å². The molecule has 2 aromatic carbocycles. The molecule has 5 nitrogen and oxygen atoms in total. The zero-order valence-electron chi connectivity index (χ0n) is 18.0. The summed E-state index contributed by atoms with van der Waals surface area (Å²) in [6.07, 6.45) is -3.70. The molecule has 0 bridgehead atoms. The number of carbonyl (C=O) groups is 1. The van der Waals surface area contributed by atoms with E-state index in [1.807, 2.05) is 25.1 Å². The quantitative estimate of drug-likeness (QED) is 0.544. The molecule has 0 unspecified atom stereocenters. The number of carbonyl (C=O) groups excluding carboxylic acids is 1. The molecule has 1 heterocycles. The number of alkyl halides is 3. The predicted molar refractivity (Wildman–Crippen MR) is 113 cm³/mol. The van der Waals surface area contributed by atoms with Gasteiger partial charge in [0.05, 0.1) is 11.3 Å². The summed E-state index contributed by atoms with van der Waals surface area (Å²) < 4.78 is 46.8. The van der Waals surface area contributed by atoms with Crippen molar-refractivity contribution in [3.63, 3.8) is 0 Å². The summed E-state index contributed by atoms with van der Waals surface area (Å²) in [4.78, 5) is 12.7. The SMILES string of the molecule is Cc1ccc(C(C)(C)C)c(Oc2ccccc2NC(=O)c2cn(C)nc2C(F)(F)F)c1. The second-order valence-electron chi connectivity index (χ2n) is 8.36. The molecule has 3 aromatic rings. The molecule has 164 valence electrons. The maximum absolute atomic E-state index is 13.2. The lowest BCUT2D eigenvalue weighted by Crippen LogP contribution is -2.18. The molecule has 3 rings (SSSR count). The molecule has 0 fully saturated rings. The molecule has 0 saturated heterocycles. The number of rotatable bonds is 4. The minimum Gasteiger partial charge on any atom is -0.455 e. The van der Waals surface area contributed by atoms with Crippen LogP contribution in [0.1, 0.15) is 48.0 Å². The Morgan fingerprint density at radius 3 is 2.39 bits per heavy atom. The van der Waals surface area contributed by atoms with Gasteiger partial charge in [0.25, 0.3) is 5.91 Å². The summed E-state index contributed by atoms with van der Waals surface area (Å²) in [5, 5.41) is 5.91. The highest BCUT2D eigenvalue weighted by Crippen LogP contribution is 2.38. The van der Waals surface area contributed by atoms with Crippen molar-refractivity contribution in [1.29, 1.82) is 0 Å². The zero-order chi connectivity index (χ0) is 23.0. The maximum Gasteiger partial charge on any atom is 0.435 e. The van der Waals surface area contributed by atoms with Gasteiger partial charge < -0.3 is 10.1 Å². The zero-order valence-corrected chi connectivity index (χ0v) is 18.0. The number of para-hydroxylation sites is 2. The molecule has 0 atom stereocenters. The maximum atomic E-state index is 13.2. The van der Waals surface area contributed by atoms with Crippen LogP contribution in [-0.4, -0.2) is 15.7 Å². The number of aryl methyl sites for hydroxylation is 2. The third-order valence-corrected chi connectivity index (χ3v) is 4.64. The number of anilines is 1. The third kappa shape index (κ3) is 5.07. The average Bonchev–Trinajstić information content (AvgIpc) is 3.05. The highest BCUT2D eigenvalue weighted by Gasteiger charge is 2.39. The van der Waals surface area contributed by atoms with Crippen molar-refractivity contribution in [1.82, 2.24) is 9.78 Å². The normalized spacial score (nSPS) is 12.0. The second kappa shape index (κ2) is 8.09. The Morgan fingerprint density at radius 2 is 1.74 bits per heavy atom. The molecule has 0 aliphatic carbocycles. The van der Waals surface area contributed by atoms with E-state index in [2.05, 4.69) is 31.2 Å². The first-order valence-electron chi connectivity index (χ1n) is 9.66. The molecular weight excluding hydrogens is 407 g/mol. The first-order chi connectivity index (χ1) is 14.4. The molecule has 1 aromatic heterocycles. The van der Waals surface area contributed by atoms with E-state index in [9.17, 15) is 18.0 Å². The van der Waals surface area contributed by atoms with Crippen molar-refractivity contribution in [3.8, 4) is 11.5 Å². The second-order valence-corrected chi connectivity index (χ2v) is 8.36. The van der Waals surface area contributed by atoms with Crippen LogP contribution in [0, 0.1) is 6.92 Å². The summed E-state index contributed by atoms with van der Waals surface area (Å²) in [5.74, 6) is 0.0210. The molecule has 1 amide bonds. The van der Waals surface area contributed by atoms with Crippen LogP contribution >= 0.6 is 0 Å². The fourth-order valence-corrected chi connectivity index (χ4v) is 3.16. The summed E-state index contributed by atoms with van der Waals surface area (Å²) in [6, 6.07) is 12.5. The van der Waals surface area contributed by atoms with Gasteiger partial charge in [0.1, 0.15) is 5.75 Å². The van der Waals surface area contributed by atoms with E-state index in [0.29, 0.717) is 11.5 Å². The van der Waals surface area contributed by atoms with Crippen LogP contribution in [0.15, 0.2) is 48.7 Å². The van der Waals surface area contributed by atoms with Gasteiger partial charge in [0.2, 0.25) is 0 Å². The molecule has 0 aliphatic rings. The lowest BCUT2D eigenvalue weighted by molar-refractivity contribution is -0.141. The van der Waals surface area contributed by atoms with E-state index in [0.717, 1.165) is 22.0 Å². The van der Waals surface area contributed by atoms with Crippen LogP contribution in [0.4, 0.5) is 18.9 Å². The number of hydrogen-bond donors (Lipinski definition) is 1. The molecule has 8 heteroatoms. The molecule has 31 heavy (non-hydrogen) atoms. The van der Waals surface area contributed by atoms with Crippen LogP contribution in [0.5, 0.6) is 11.5 Å². The van der Waals surface area contributed by atoms with Crippen molar-refractivity contribution in [2.24, 2.45) is 7.05 Å². The first kappa shape index (κ1) is 22.4. The van der Waals surface area contributed by atoms with Gasteiger partial charge in [0, 0.05) is 18.8 Å². The Hall–Kier alpha value is -3.29. The number of amides is 1. The lowest BCUT2D eigenvalue weighted by Gasteiger charge is -2.23. The summed E-state index contributed by atoms with van der Waals surface area (Å²) in [6.45, 7) is 8.10. The largest absolute Gasteiger partial charge is 0.455 e. The van der Waals surface area contributed by atoms with Crippen LogP contribution in [-0.2, 0) is 18.6 Å². The van der Waals surface area contributed by atoms with Crippen molar-refractivity contribution in [2.75, 3.05) is 5.32 Å². The fourth-order valence-electron chi connectivity index (χ4n) is 3.16. The van der Waals surface area contributed by atoms with Gasteiger partial charge in [-0.05, 0) is 36.1 Å². The Kier molecular flexibility index (Phi) is 5.85. The minimum absolute atomic E-state index is 0.196. The monoisotopic (exact) mass is 431 g/mol. The topological polar surface area (TPSA) is 56.1 Å². The predicted octanol–water partition coefficient (Wildman–Crippen LogP) is 6.09. The van der Waals surface area contributed by atoms with Crippen molar-refractivity contribution >= 4 is 11.6 Å². The van der Waals surface area contributed by atoms with Crippen LogP contribution < -0.4 is 10.1 Å². The van der Waals surface area contributed by atoms with Gasteiger partial charge in [-0.2, -0.15) is 18.3 Å². The van der Waals surface area contributed by atoms with Gasteiger partial charge in [-0.1, -0.05) is 45.0 Å². The van der Waals surface area contributed by atoms with E-state index in [1.165, 1.54) is 7.05 Å². The van der Waals surface area contributed by atoms with Crippen molar-refractivity contribution in [2.45, 2.75) is 39.3 Å². The standard InChI is InChI=1S/C23H24F3N3O2/c1-14-10-11-16(22(2,3)4)19(12-14)31-18-9-7-6-8-17(18)27-21(30)15-13-29(5)28-20(15)23(24,25)26/h6-13H,1-5H3,(H,27,30). The van der Waals surface area contributed by atoms with E-state index in [-0.39, 0.29) is 11.1 Å².